The second-order valence-electron chi connectivity index (χ2n) is 7.35. The van der Waals surface area contributed by atoms with Crippen molar-refractivity contribution in [1.82, 2.24) is 10.6 Å². The summed E-state index contributed by atoms with van der Waals surface area (Å²) in [7, 11) is 0. The van der Waals surface area contributed by atoms with Gasteiger partial charge in [0.25, 0.3) is 0 Å². The Morgan fingerprint density at radius 1 is 1.03 bits per heavy atom. The Balaban J connectivity index is 1.57. The molecule has 3 rings (SSSR count). The fourth-order valence-electron chi connectivity index (χ4n) is 3.62. The number of aliphatic hydroxyl groups excluding tert-OH is 1. The topological polar surface area (TPSA) is 114 Å². The molecule has 0 saturated carbocycles. The molecule has 8 heteroatoms. The van der Waals surface area contributed by atoms with E-state index in [2.05, 4.69) is 17.2 Å². The average molecular weight is 438 g/mol. The van der Waals surface area contributed by atoms with E-state index in [9.17, 15) is 19.5 Å². The minimum Gasteiger partial charge on any atom is -0.460 e. The van der Waals surface area contributed by atoms with Crippen LogP contribution in [0.25, 0.3) is 11.1 Å². The molecule has 8 nitrogen and oxygen atoms in total. The third-order valence-corrected chi connectivity index (χ3v) is 5.19. The van der Waals surface area contributed by atoms with Gasteiger partial charge in [0, 0.05) is 5.92 Å². The van der Waals surface area contributed by atoms with Crippen LogP contribution < -0.4 is 10.6 Å². The molecule has 2 amide bonds. The molecule has 2 atom stereocenters. The van der Waals surface area contributed by atoms with Gasteiger partial charge in [-0.05, 0) is 29.2 Å². The monoisotopic (exact) mass is 438 g/mol. The molecule has 0 radical (unpaired) electrons. The second kappa shape index (κ2) is 10.6. The number of amides is 2. The van der Waals surface area contributed by atoms with E-state index in [4.69, 9.17) is 9.47 Å². The Hall–Kier alpha value is -3.65. The van der Waals surface area contributed by atoms with E-state index < -0.39 is 36.7 Å². The Kier molecular flexibility index (Phi) is 7.62. The number of benzene rings is 2. The number of hydrogen-bond donors (Lipinski definition) is 3. The number of rotatable bonds is 9. The smallest absolute Gasteiger partial charge is 0.407 e. The number of carbonyl (C=O) groups excluding carboxylic acids is 3. The SMILES string of the molecule is C=CCOC(=O)[C@H](C)NC(=O)[C@H](CO)NC(=O)OCC1c2ccccc2-c2ccccc21. The van der Waals surface area contributed by atoms with E-state index in [0.29, 0.717) is 0 Å². The van der Waals surface area contributed by atoms with Crippen LogP contribution in [0.15, 0.2) is 61.2 Å². The number of ether oxygens (including phenoxy) is 2. The molecule has 0 heterocycles. The van der Waals surface area contributed by atoms with Crippen molar-refractivity contribution in [3.63, 3.8) is 0 Å². The third-order valence-electron chi connectivity index (χ3n) is 5.19. The molecular weight excluding hydrogens is 412 g/mol. The van der Waals surface area contributed by atoms with Gasteiger partial charge in [-0.15, -0.1) is 0 Å². The lowest BCUT2D eigenvalue weighted by atomic mass is 9.98. The maximum absolute atomic E-state index is 12.3. The summed E-state index contributed by atoms with van der Waals surface area (Å²) < 4.78 is 10.2. The maximum atomic E-state index is 12.3. The van der Waals surface area contributed by atoms with Gasteiger partial charge in [0.05, 0.1) is 6.61 Å². The summed E-state index contributed by atoms with van der Waals surface area (Å²) in [6.45, 7) is 4.30. The number of hydrogen-bond acceptors (Lipinski definition) is 6. The molecule has 168 valence electrons. The number of esters is 1. The van der Waals surface area contributed by atoms with E-state index in [1.165, 1.54) is 13.0 Å². The van der Waals surface area contributed by atoms with Gasteiger partial charge in [0.1, 0.15) is 25.3 Å². The molecule has 1 aliphatic rings. The Labute approximate surface area is 186 Å². The van der Waals surface area contributed by atoms with Crippen LogP contribution in [0.5, 0.6) is 0 Å². The van der Waals surface area contributed by atoms with E-state index in [0.717, 1.165) is 22.3 Å². The number of aliphatic hydroxyl groups is 1. The number of nitrogens with one attached hydrogen (secondary N) is 2. The summed E-state index contributed by atoms with van der Waals surface area (Å²) >= 11 is 0. The largest absolute Gasteiger partial charge is 0.460 e. The zero-order chi connectivity index (χ0) is 23.1. The highest BCUT2D eigenvalue weighted by Gasteiger charge is 2.30. The number of alkyl carbamates (subject to hydrolysis) is 1. The van der Waals surface area contributed by atoms with Crippen molar-refractivity contribution in [2.45, 2.75) is 24.9 Å². The first-order valence-corrected chi connectivity index (χ1v) is 10.3. The predicted molar refractivity (Wildman–Crippen MR) is 118 cm³/mol. The van der Waals surface area contributed by atoms with Crippen molar-refractivity contribution in [1.29, 1.82) is 0 Å². The van der Waals surface area contributed by atoms with Gasteiger partial charge in [0.2, 0.25) is 5.91 Å². The molecule has 0 aromatic heterocycles. The summed E-state index contributed by atoms with van der Waals surface area (Å²) in [6, 6.07) is 13.6. The lowest BCUT2D eigenvalue weighted by Crippen LogP contribution is -2.52. The van der Waals surface area contributed by atoms with Crippen LogP contribution in [0.4, 0.5) is 4.79 Å². The fourth-order valence-corrected chi connectivity index (χ4v) is 3.62. The zero-order valence-electron chi connectivity index (χ0n) is 17.7. The first-order chi connectivity index (χ1) is 15.5. The standard InChI is InChI=1S/C24H26N2O6/c1-3-12-31-23(29)15(2)25-22(28)21(13-27)26-24(30)32-14-20-18-10-6-4-8-16(18)17-9-5-7-11-19(17)20/h3-11,15,20-21,27H,1,12-14H2,2H3,(H,25,28)(H,26,30)/t15-,21-/m0/s1. The highest BCUT2D eigenvalue weighted by atomic mass is 16.5. The summed E-state index contributed by atoms with van der Waals surface area (Å²) in [5.74, 6) is -1.52. The van der Waals surface area contributed by atoms with Gasteiger partial charge in [-0.2, -0.15) is 0 Å². The summed E-state index contributed by atoms with van der Waals surface area (Å²) in [6.07, 6.45) is 0.560. The zero-order valence-corrected chi connectivity index (χ0v) is 17.7. The van der Waals surface area contributed by atoms with Crippen LogP contribution in [0, 0.1) is 0 Å². The van der Waals surface area contributed by atoms with E-state index >= 15 is 0 Å². The predicted octanol–water partition coefficient (Wildman–Crippen LogP) is 2.12. The van der Waals surface area contributed by atoms with Crippen molar-refractivity contribution in [3.05, 3.63) is 72.3 Å². The molecule has 0 spiro atoms. The quantitative estimate of drug-likeness (QED) is 0.408. The van der Waals surface area contributed by atoms with Crippen molar-refractivity contribution < 1.29 is 29.0 Å². The van der Waals surface area contributed by atoms with Crippen LogP contribution in [-0.2, 0) is 19.1 Å². The Morgan fingerprint density at radius 3 is 2.19 bits per heavy atom. The third kappa shape index (κ3) is 5.15. The van der Waals surface area contributed by atoms with Gasteiger partial charge in [-0.25, -0.2) is 9.59 Å². The van der Waals surface area contributed by atoms with Crippen molar-refractivity contribution in [3.8, 4) is 11.1 Å². The Morgan fingerprint density at radius 2 is 1.62 bits per heavy atom. The van der Waals surface area contributed by atoms with Crippen molar-refractivity contribution in [2.75, 3.05) is 19.8 Å². The minimum absolute atomic E-state index is 0.0144. The minimum atomic E-state index is -1.28. The van der Waals surface area contributed by atoms with Crippen molar-refractivity contribution >= 4 is 18.0 Å². The lowest BCUT2D eigenvalue weighted by molar-refractivity contribution is -0.146. The first-order valence-electron chi connectivity index (χ1n) is 10.3. The highest BCUT2D eigenvalue weighted by molar-refractivity contribution is 5.89. The molecule has 32 heavy (non-hydrogen) atoms. The molecule has 1 aliphatic carbocycles. The molecule has 0 saturated heterocycles. The molecular formula is C24H26N2O6. The molecule has 2 aromatic carbocycles. The number of fused-ring (bicyclic) bond motifs is 3. The first kappa shape index (κ1) is 23.0. The van der Waals surface area contributed by atoms with Crippen molar-refractivity contribution in [2.24, 2.45) is 0 Å². The Bertz CT molecular complexity index is 960. The van der Waals surface area contributed by atoms with E-state index in [-0.39, 0.29) is 19.1 Å². The molecule has 2 aromatic rings. The van der Waals surface area contributed by atoms with Gasteiger partial charge in [0.15, 0.2) is 0 Å². The number of carbonyl (C=O) groups is 3. The molecule has 3 N–H and O–H groups in total. The summed E-state index contributed by atoms with van der Waals surface area (Å²) in [4.78, 5) is 36.4. The second-order valence-corrected chi connectivity index (χ2v) is 7.35. The van der Waals surface area contributed by atoms with Crippen LogP contribution in [0.2, 0.25) is 0 Å². The molecule has 0 fully saturated rings. The lowest BCUT2D eigenvalue weighted by Gasteiger charge is -2.20. The average Bonchev–Trinajstić information content (AvgIpc) is 3.13. The van der Waals surface area contributed by atoms with Crippen LogP contribution in [0.1, 0.15) is 24.0 Å². The van der Waals surface area contributed by atoms with E-state index in [1.54, 1.807) is 0 Å². The molecule has 0 unspecified atom stereocenters. The van der Waals surface area contributed by atoms with Crippen LogP contribution in [-0.4, -0.2) is 55.0 Å². The highest BCUT2D eigenvalue weighted by Crippen LogP contribution is 2.44. The fraction of sp³-hybridized carbons (Fsp3) is 0.292. The van der Waals surface area contributed by atoms with Gasteiger partial charge < -0.3 is 25.2 Å². The maximum Gasteiger partial charge on any atom is 0.407 e. The summed E-state index contributed by atoms with van der Waals surface area (Å²) in [5, 5.41) is 14.2. The molecule has 0 bridgehead atoms. The van der Waals surface area contributed by atoms with Gasteiger partial charge >= 0.3 is 12.1 Å². The normalized spacial score (nSPS) is 13.8. The van der Waals surface area contributed by atoms with Gasteiger partial charge in [-0.3, -0.25) is 4.79 Å². The van der Waals surface area contributed by atoms with Crippen LogP contribution in [0.3, 0.4) is 0 Å². The van der Waals surface area contributed by atoms with E-state index in [1.807, 2.05) is 48.5 Å². The van der Waals surface area contributed by atoms with Crippen LogP contribution >= 0.6 is 0 Å². The summed E-state index contributed by atoms with van der Waals surface area (Å²) in [5.41, 5.74) is 4.32. The molecule has 0 aliphatic heterocycles. The van der Waals surface area contributed by atoms with Gasteiger partial charge in [-0.1, -0.05) is 61.2 Å².